The summed E-state index contributed by atoms with van der Waals surface area (Å²) in [4.78, 5) is 79.1. The van der Waals surface area contributed by atoms with Crippen molar-refractivity contribution in [2.24, 2.45) is 5.73 Å². The van der Waals surface area contributed by atoms with Crippen LogP contribution in [0.1, 0.15) is 39.0 Å². The summed E-state index contributed by atoms with van der Waals surface area (Å²) >= 11 is 0. The minimum atomic E-state index is -1.08. The van der Waals surface area contributed by atoms with Crippen LogP contribution in [0.15, 0.2) is 71.9 Å². The fourth-order valence-corrected chi connectivity index (χ4v) is 9.13. The lowest BCUT2D eigenvalue weighted by Gasteiger charge is -2.39. The average molecular weight is 938 g/mol. The van der Waals surface area contributed by atoms with Crippen molar-refractivity contribution in [2.45, 2.75) is 38.5 Å². The molecule has 3 aliphatic rings. The number of nitrogen functional groups attached to an aromatic ring is 2. The van der Waals surface area contributed by atoms with Gasteiger partial charge in [0.2, 0.25) is 17.8 Å². The van der Waals surface area contributed by atoms with Crippen LogP contribution in [0.25, 0.3) is 33.4 Å². The second kappa shape index (κ2) is 19.4. The molecule has 356 valence electrons. The summed E-state index contributed by atoms with van der Waals surface area (Å²) in [5, 5.41) is 15.5. The van der Waals surface area contributed by atoms with Crippen molar-refractivity contribution in [1.82, 2.24) is 59.4 Å². The van der Waals surface area contributed by atoms with Crippen molar-refractivity contribution >= 4 is 63.6 Å². The number of ether oxygens (including phenoxy) is 1. The maximum absolute atomic E-state index is 13.7. The average Bonchev–Trinajstić information content (AvgIpc) is 3.95. The predicted molar refractivity (Wildman–Crippen MR) is 253 cm³/mol. The summed E-state index contributed by atoms with van der Waals surface area (Å²) in [6.45, 7) is 6.79. The highest BCUT2D eigenvalue weighted by atomic mass is 16.5. The van der Waals surface area contributed by atoms with E-state index in [1.165, 1.54) is 16.8 Å². The highest BCUT2D eigenvalue weighted by Crippen LogP contribution is 2.33. The van der Waals surface area contributed by atoms with E-state index in [4.69, 9.17) is 31.5 Å². The van der Waals surface area contributed by atoms with E-state index in [1.807, 2.05) is 27.8 Å². The molecule has 2 fully saturated rings. The Balaban J connectivity index is 0.671. The summed E-state index contributed by atoms with van der Waals surface area (Å²) in [5.41, 5.74) is 25.5. The quantitative estimate of drug-likeness (QED) is 0.112. The number of carbonyl (C=O) groups excluding carboxylic acids is 2. The van der Waals surface area contributed by atoms with Gasteiger partial charge in [0.15, 0.2) is 11.2 Å². The van der Waals surface area contributed by atoms with Crippen molar-refractivity contribution in [1.29, 1.82) is 0 Å². The normalized spacial score (nSPS) is 16.6. The largest absolute Gasteiger partial charge is 0.480 e. The number of aromatic nitrogens is 9. The minimum Gasteiger partial charge on any atom is -0.480 e. The third-order valence-electron chi connectivity index (χ3n) is 12.9. The van der Waals surface area contributed by atoms with E-state index in [1.54, 1.807) is 35.8 Å². The molecule has 10 rings (SSSR count). The lowest BCUT2D eigenvalue weighted by atomic mass is 9.97. The van der Waals surface area contributed by atoms with Crippen molar-refractivity contribution in [3.05, 3.63) is 95.3 Å². The van der Waals surface area contributed by atoms with Crippen molar-refractivity contribution < 1.29 is 28.6 Å². The molecule has 0 unspecified atom stereocenters. The fraction of sp³-hybridized carbons (Fsp3) is 0.370. The van der Waals surface area contributed by atoms with E-state index < -0.39 is 12.0 Å². The summed E-state index contributed by atoms with van der Waals surface area (Å²) < 4.78 is 13.1. The topological polar surface area (TPSA) is 296 Å². The molecule has 1 atom stereocenters. The summed E-state index contributed by atoms with van der Waals surface area (Å²) in [6, 6.07) is 10.9. The van der Waals surface area contributed by atoms with Crippen LogP contribution in [0, 0.1) is 0 Å². The van der Waals surface area contributed by atoms with Gasteiger partial charge < -0.3 is 51.1 Å². The number of carbonyl (C=O) groups is 3. The van der Waals surface area contributed by atoms with Gasteiger partial charge >= 0.3 is 5.97 Å². The first kappa shape index (κ1) is 44.9. The maximum atomic E-state index is 13.7. The first-order valence-electron chi connectivity index (χ1n) is 22.8. The number of hydrogen-bond donors (Lipinski definition) is 4. The molecule has 7 N–H and O–H groups in total. The molecule has 0 spiro atoms. The van der Waals surface area contributed by atoms with Crippen LogP contribution < -0.4 is 27.0 Å². The second-order valence-corrected chi connectivity index (χ2v) is 17.2. The van der Waals surface area contributed by atoms with E-state index in [9.17, 15) is 19.5 Å². The van der Waals surface area contributed by atoms with Crippen LogP contribution in [0.5, 0.6) is 0 Å². The SMILES string of the molecule is NCc1cnc(N2CCN(C(=O)CCOCCN3CCN(c4ncc(C(=O)N5CCc6cc(Cn7nc(-c8ccc9oc(N)nc9c8)c8c(N)ncnc87)ccc6C5)cn4)CC3)[C@@H](C(=O)O)C2)nc1. The molecule has 0 saturated carbocycles. The Hall–Kier alpha value is -7.89. The number of nitrogens with zero attached hydrogens (tertiary/aromatic N) is 14. The Labute approximate surface area is 394 Å². The van der Waals surface area contributed by atoms with E-state index in [0.29, 0.717) is 116 Å². The van der Waals surface area contributed by atoms with E-state index >= 15 is 0 Å². The van der Waals surface area contributed by atoms with E-state index in [2.05, 4.69) is 56.8 Å². The van der Waals surface area contributed by atoms with E-state index in [0.717, 1.165) is 35.3 Å². The molecular formula is C46H51N17O6. The van der Waals surface area contributed by atoms with Crippen LogP contribution in [0.4, 0.5) is 23.7 Å². The molecule has 69 heavy (non-hydrogen) atoms. The van der Waals surface area contributed by atoms with E-state index in [-0.39, 0.29) is 43.9 Å². The number of anilines is 4. The lowest BCUT2D eigenvalue weighted by molar-refractivity contribution is -0.151. The first-order valence-corrected chi connectivity index (χ1v) is 22.8. The number of carboxylic acids is 1. The molecule has 23 nitrogen and oxygen atoms in total. The second-order valence-electron chi connectivity index (χ2n) is 17.2. The Morgan fingerprint density at radius 3 is 2.36 bits per heavy atom. The fourth-order valence-electron chi connectivity index (χ4n) is 9.13. The van der Waals surface area contributed by atoms with Gasteiger partial charge in [-0.15, -0.1) is 0 Å². The summed E-state index contributed by atoms with van der Waals surface area (Å²) in [5.74, 6) is -0.154. The monoisotopic (exact) mass is 937 g/mol. The zero-order chi connectivity index (χ0) is 47.6. The Morgan fingerprint density at radius 2 is 1.58 bits per heavy atom. The first-order chi connectivity index (χ1) is 33.6. The third kappa shape index (κ3) is 9.51. The molecule has 3 aliphatic heterocycles. The number of fused-ring (bicyclic) bond motifs is 3. The van der Waals surface area contributed by atoms with Gasteiger partial charge in [-0.05, 0) is 41.3 Å². The molecular weight excluding hydrogens is 887 g/mol. The lowest BCUT2D eigenvalue weighted by Crippen LogP contribution is -2.58. The van der Waals surface area contributed by atoms with Gasteiger partial charge in [0, 0.05) is 101 Å². The molecule has 7 aromatic rings. The number of rotatable bonds is 14. The number of hydrogen-bond acceptors (Lipinski definition) is 19. The molecule has 2 amide bonds. The van der Waals surface area contributed by atoms with Crippen LogP contribution in [-0.4, -0.2) is 160 Å². The molecule has 8 heterocycles. The van der Waals surface area contributed by atoms with Gasteiger partial charge in [-0.25, -0.2) is 39.4 Å². The molecule has 2 aromatic carbocycles. The zero-order valence-electron chi connectivity index (χ0n) is 37.7. The maximum Gasteiger partial charge on any atom is 0.328 e. The number of oxazole rings is 1. The number of benzene rings is 2. The minimum absolute atomic E-state index is 0.0875. The zero-order valence-corrected chi connectivity index (χ0v) is 37.7. The number of aliphatic carboxylic acids is 1. The molecule has 5 aromatic heterocycles. The van der Waals surface area contributed by atoms with Crippen molar-refractivity contribution in [3.63, 3.8) is 0 Å². The van der Waals surface area contributed by atoms with Gasteiger partial charge in [0.25, 0.3) is 11.9 Å². The Bertz CT molecular complexity index is 3010. The molecule has 0 bridgehead atoms. The van der Waals surface area contributed by atoms with Crippen LogP contribution >= 0.6 is 0 Å². The smallest absolute Gasteiger partial charge is 0.328 e. The molecule has 23 heteroatoms. The summed E-state index contributed by atoms with van der Waals surface area (Å²) in [6.07, 6.45) is 8.67. The van der Waals surface area contributed by atoms with Gasteiger partial charge in [-0.2, -0.15) is 10.1 Å². The van der Waals surface area contributed by atoms with Gasteiger partial charge in [0.05, 0.1) is 43.7 Å². The van der Waals surface area contributed by atoms with Crippen molar-refractivity contribution in [2.75, 3.05) is 93.4 Å². The Morgan fingerprint density at radius 1 is 0.812 bits per heavy atom. The van der Waals surface area contributed by atoms with Gasteiger partial charge in [0.1, 0.15) is 29.4 Å². The molecule has 2 saturated heterocycles. The van der Waals surface area contributed by atoms with Crippen molar-refractivity contribution in [3.8, 4) is 11.3 Å². The molecule has 0 aliphatic carbocycles. The third-order valence-corrected chi connectivity index (χ3v) is 12.9. The standard InChI is InChI=1S/C46H51N17O6/c47-19-29-20-50-46(51-21-29)61-12-13-62(35(26-61)43(66)67)37(64)6-15-68-16-14-58-8-10-59(11-9-58)45-52-22-33(23-53-45)42(65)60-7-5-30-17-28(1-2-32(30)25-60)24-63-41-38(40(48)54-27-55-41)39(57-63)31-3-4-36-34(18-31)56-44(49)69-36/h1-4,17-18,20-23,27,35H,5-16,19,24-26,47H2,(H2,49,56)(H,66,67)(H2,48,54,55)/t35-/m1/s1. The number of piperazine rings is 2. The highest BCUT2D eigenvalue weighted by molar-refractivity contribution is 5.99. The van der Waals surface area contributed by atoms with Crippen LogP contribution in [0.3, 0.4) is 0 Å². The predicted octanol–water partition coefficient (Wildman–Crippen LogP) is 1.42. The number of carboxylic acid groups (broad SMARTS) is 1. The summed E-state index contributed by atoms with van der Waals surface area (Å²) in [7, 11) is 0. The number of nitrogens with two attached hydrogens (primary N) is 3. The highest BCUT2D eigenvalue weighted by Gasteiger charge is 2.36. The van der Waals surface area contributed by atoms with Gasteiger partial charge in [-0.3, -0.25) is 14.5 Å². The molecule has 0 radical (unpaired) electrons. The van der Waals surface area contributed by atoms with Crippen LogP contribution in [-0.2, 0) is 40.4 Å². The Kier molecular flexibility index (Phi) is 12.6. The van der Waals surface area contributed by atoms with Crippen LogP contribution in [0.2, 0.25) is 0 Å². The van der Waals surface area contributed by atoms with Gasteiger partial charge in [-0.1, -0.05) is 18.2 Å². The number of amides is 2.